The Kier molecular flexibility index (Phi) is 7.90. The van der Waals surface area contributed by atoms with Crippen molar-refractivity contribution >= 4 is 34.8 Å². The quantitative estimate of drug-likeness (QED) is 0.542. The van der Waals surface area contributed by atoms with Crippen molar-refractivity contribution in [2.45, 2.75) is 32.4 Å². The summed E-state index contributed by atoms with van der Waals surface area (Å²) in [5.74, 6) is -0.203. The van der Waals surface area contributed by atoms with Crippen LogP contribution in [0.5, 0.6) is 0 Å². The minimum atomic E-state index is -0.183. The predicted molar refractivity (Wildman–Crippen MR) is 124 cm³/mol. The van der Waals surface area contributed by atoms with E-state index in [4.69, 9.17) is 22.1 Å². The number of ether oxygens (including phenoxy) is 1. The van der Waals surface area contributed by atoms with Crippen molar-refractivity contribution in [3.63, 3.8) is 0 Å². The molecule has 4 N–H and O–H groups in total. The van der Waals surface area contributed by atoms with Gasteiger partial charge in [0.1, 0.15) is 0 Å². The fourth-order valence-electron chi connectivity index (χ4n) is 3.89. The zero-order valence-electron chi connectivity index (χ0n) is 17.9. The lowest BCUT2D eigenvalue weighted by molar-refractivity contribution is -0.117. The number of carbonyl (C=O) groups excluding carboxylic acids is 2. The minimum absolute atomic E-state index is 0.0204. The molecule has 0 saturated carbocycles. The molecule has 2 amide bonds. The van der Waals surface area contributed by atoms with E-state index in [1.165, 1.54) is 0 Å². The molecule has 7 nitrogen and oxygen atoms in total. The van der Waals surface area contributed by atoms with Crippen molar-refractivity contribution in [1.29, 1.82) is 0 Å². The number of hydrogen-bond acceptors (Lipinski definition) is 5. The fraction of sp³-hybridized carbons (Fsp3) is 0.391. The van der Waals surface area contributed by atoms with Crippen molar-refractivity contribution in [2.24, 2.45) is 5.73 Å². The molecule has 0 unspecified atom stereocenters. The van der Waals surface area contributed by atoms with Crippen molar-refractivity contribution in [2.75, 3.05) is 36.5 Å². The first-order valence-corrected chi connectivity index (χ1v) is 10.8. The van der Waals surface area contributed by atoms with Gasteiger partial charge in [0.2, 0.25) is 5.91 Å². The van der Waals surface area contributed by atoms with Crippen LogP contribution in [0.15, 0.2) is 42.5 Å². The van der Waals surface area contributed by atoms with E-state index in [0.717, 1.165) is 16.9 Å². The van der Waals surface area contributed by atoms with Crippen molar-refractivity contribution < 1.29 is 14.3 Å². The van der Waals surface area contributed by atoms with E-state index in [1.807, 2.05) is 43.3 Å². The summed E-state index contributed by atoms with van der Waals surface area (Å²) in [7, 11) is 0. The van der Waals surface area contributed by atoms with Crippen LogP contribution in [0, 0.1) is 0 Å². The van der Waals surface area contributed by atoms with Gasteiger partial charge in [-0.25, -0.2) is 0 Å². The number of nitrogens with two attached hydrogens (primary N) is 1. The number of benzene rings is 2. The summed E-state index contributed by atoms with van der Waals surface area (Å²) in [6, 6.07) is 12.9. The SMILES string of the molecule is CC(=O)N1c2ccc(C(=O)NCCOCCN)cc2[C@H](Nc2ccc(Cl)cc2)C[C@@H]1C. The molecule has 0 saturated heterocycles. The van der Waals surface area contributed by atoms with Crippen LogP contribution in [0.4, 0.5) is 11.4 Å². The molecule has 0 radical (unpaired) electrons. The maximum absolute atomic E-state index is 12.6. The van der Waals surface area contributed by atoms with Gasteiger partial charge in [0.05, 0.1) is 19.3 Å². The first-order chi connectivity index (χ1) is 14.9. The number of rotatable bonds is 8. The van der Waals surface area contributed by atoms with Crippen LogP contribution in [0.3, 0.4) is 0 Å². The number of hydrogen-bond donors (Lipinski definition) is 3. The Balaban J connectivity index is 1.84. The second-order valence-electron chi connectivity index (χ2n) is 7.61. The third-order valence-corrected chi connectivity index (χ3v) is 5.51. The second kappa shape index (κ2) is 10.6. The number of anilines is 2. The number of nitrogens with zero attached hydrogens (tertiary/aromatic N) is 1. The lowest BCUT2D eigenvalue weighted by atomic mass is 9.90. The largest absolute Gasteiger partial charge is 0.378 e. The van der Waals surface area contributed by atoms with Crippen LogP contribution in [0.25, 0.3) is 0 Å². The fourth-order valence-corrected chi connectivity index (χ4v) is 4.02. The molecule has 0 fully saturated rings. The molecule has 8 heteroatoms. The molecule has 0 spiro atoms. The number of fused-ring (bicyclic) bond motifs is 1. The van der Waals surface area contributed by atoms with Gasteiger partial charge in [0.15, 0.2) is 0 Å². The van der Waals surface area contributed by atoms with Gasteiger partial charge in [-0.3, -0.25) is 9.59 Å². The monoisotopic (exact) mass is 444 g/mol. The van der Waals surface area contributed by atoms with Gasteiger partial charge in [-0.1, -0.05) is 11.6 Å². The van der Waals surface area contributed by atoms with Crippen LogP contribution in [-0.4, -0.2) is 44.2 Å². The van der Waals surface area contributed by atoms with Gasteiger partial charge >= 0.3 is 0 Å². The molecule has 0 bridgehead atoms. The Labute approximate surface area is 187 Å². The predicted octanol–water partition coefficient (Wildman–Crippen LogP) is 3.34. The van der Waals surface area contributed by atoms with E-state index in [0.29, 0.717) is 43.3 Å². The normalized spacial score (nSPS) is 17.7. The molecule has 2 aromatic rings. The van der Waals surface area contributed by atoms with Crippen LogP contribution >= 0.6 is 11.6 Å². The number of halogens is 1. The molecule has 1 aliphatic heterocycles. The first-order valence-electron chi connectivity index (χ1n) is 10.4. The van der Waals surface area contributed by atoms with E-state index in [2.05, 4.69) is 10.6 Å². The Hall–Kier alpha value is -2.61. The highest BCUT2D eigenvalue weighted by atomic mass is 35.5. The Morgan fingerprint density at radius 3 is 2.61 bits per heavy atom. The number of nitrogens with one attached hydrogen (secondary N) is 2. The zero-order chi connectivity index (χ0) is 22.4. The van der Waals surface area contributed by atoms with E-state index in [1.54, 1.807) is 17.9 Å². The van der Waals surface area contributed by atoms with Crippen molar-refractivity contribution in [1.82, 2.24) is 5.32 Å². The smallest absolute Gasteiger partial charge is 0.251 e. The van der Waals surface area contributed by atoms with Crippen LogP contribution < -0.4 is 21.3 Å². The van der Waals surface area contributed by atoms with Gasteiger partial charge in [-0.2, -0.15) is 0 Å². The van der Waals surface area contributed by atoms with Crippen molar-refractivity contribution in [3.8, 4) is 0 Å². The summed E-state index contributed by atoms with van der Waals surface area (Å²) in [6.07, 6.45) is 0.715. The summed E-state index contributed by atoms with van der Waals surface area (Å²) < 4.78 is 5.30. The highest BCUT2D eigenvalue weighted by Gasteiger charge is 2.33. The summed E-state index contributed by atoms with van der Waals surface area (Å²) in [5, 5.41) is 7.05. The highest BCUT2D eigenvalue weighted by molar-refractivity contribution is 6.30. The molecule has 1 aliphatic rings. The van der Waals surface area contributed by atoms with Crippen LogP contribution in [0.1, 0.15) is 42.2 Å². The Morgan fingerprint density at radius 1 is 1.19 bits per heavy atom. The number of carbonyl (C=O) groups is 2. The number of amides is 2. The molecule has 31 heavy (non-hydrogen) atoms. The van der Waals surface area contributed by atoms with E-state index < -0.39 is 0 Å². The average molecular weight is 445 g/mol. The first kappa shape index (κ1) is 23.1. The lowest BCUT2D eigenvalue weighted by Gasteiger charge is -2.39. The minimum Gasteiger partial charge on any atom is -0.378 e. The summed E-state index contributed by atoms with van der Waals surface area (Å²) in [6.45, 7) is 5.32. The third-order valence-electron chi connectivity index (χ3n) is 5.26. The topological polar surface area (TPSA) is 96.7 Å². The molecule has 2 atom stereocenters. The van der Waals surface area contributed by atoms with E-state index >= 15 is 0 Å². The molecule has 1 heterocycles. The molecule has 0 aliphatic carbocycles. The standard InChI is InChI=1S/C23H29ClN4O3/c1-15-13-21(27-19-6-4-18(24)5-7-19)20-14-17(3-8-22(20)28(15)16(2)29)23(30)26-10-12-31-11-9-25/h3-8,14-15,21,27H,9-13,25H2,1-2H3,(H,26,30)/t15-,21+/m0/s1. The van der Waals surface area contributed by atoms with Gasteiger partial charge < -0.3 is 26.0 Å². The Bertz CT molecular complexity index is 920. The van der Waals surface area contributed by atoms with E-state index in [9.17, 15) is 9.59 Å². The molecular formula is C23H29ClN4O3. The van der Waals surface area contributed by atoms with Gasteiger partial charge in [0, 0.05) is 48.0 Å². The van der Waals surface area contributed by atoms with Gasteiger partial charge in [-0.05, 0) is 61.4 Å². The maximum Gasteiger partial charge on any atom is 0.251 e. The summed E-state index contributed by atoms with van der Waals surface area (Å²) in [5.41, 5.74) is 8.59. The molecule has 166 valence electrons. The van der Waals surface area contributed by atoms with Crippen LogP contribution in [0.2, 0.25) is 5.02 Å². The molecule has 2 aromatic carbocycles. The molecule has 3 rings (SSSR count). The molecular weight excluding hydrogens is 416 g/mol. The molecule has 0 aromatic heterocycles. The second-order valence-corrected chi connectivity index (χ2v) is 8.04. The summed E-state index contributed by atoms with van der Waals surface area (Å²) in [4.78, 5) is 26.7. The maximum atomic E-state index is 12.6. The van der Waals surface area contributed by atoms with E-state index in [-0.39, 0.29) is 23.9 Å². The summed E-state index contributed by atoms with van der Waals surface area (Å²) >= 11 is 6.01. The van der Waals surface area contributed by atoms with Crippen molar-refractivity contribution in [3.05, 3.63) is 58.6 Å². The highest BCUT2D eigenvalue weighted by Crippen LogP contribution is 2.39. The van der Waals surface area contributed by atoms with Gasteiger partial charge in [-0.15, -0.1) is 0 Å². The average Bonchev–Trinajstić information content (AvgIpc) is 2.74. The Morgan fingerprint density at radius 2 is 1.94 bits per heavy atom. The zero-order valence-corrected chi connectivity index (χ0v) is 18.6. The lowest BCUT2D eigenvalue weighted by Crippen LogP contribution is -2.43. The van der Waals surface area contributed by atoms with Crippen LogP contribution in [-0.2, 0) is 9.53 Å². The van der Waals surface area contributed by atoms with Gasteiger partial charge in [0.25, 0.3) is 5.91 Å². The third kappa shape index (κ3) is 5.76.